The van der Waals surface area contributed by atoms with E-state index < -0.39 is 20.0 Å². The summed E-state index contributed by atoms with van der Waals surface area (Å²) in [5, 5.41) is 13.7. The minimum Gasteiger partial charge on any atom is -0.391 e. The highest BCUT2D eigenvalue weighted by atomic mass is 31.2. The van der Waals surface area contributed by atoms with Crippen LogP contribution in [0.2, 0.25) is 0 Å². The lowest BCUT2D eigenvalue weighted by atomic mass is 10.0. The Kier molecular flexibility index (Phi) is 36.1. The van der Waals surface area contributed by atoms with Crippen LogP contribution in [0.1, 0.15) is 162 Å². The number of aliphatic hydroxyl groups excluding tert-OH is 1. The highest BCUT2D eigenvalue weighted by Gasteiger charge is 2.28. The van der Waals surface area contributed by atoms with E-state index in [1.807, 2.05) is 21.1 Å². The number of allylic oxidation sites excluding steroid dienone is 12. The number of carbonyl (C=O) groups is 1. The molecule has 0 aliphatic heterocycles. The van der Waals surface area contributed by atoms with Crippen molar-refractivity contribution in [3.8, 4) is 0 Å². The van der Waals surface area contributed by atoms with E-state index in [1.54, 1.807) is 0 Å². The number of unbranched alkanes of at least 4 members (excludes halogenated alkanes) is 13. The molecule has 0 saturated carbocycles. The minimum absolute atomic E-state index is 0.0691. The summed E-state index contributed by atoms with van der Waals surface area (Å²) in [5.74, 6) is -0.163. The van der Waals surface area contributed by atoms with Crippen molar-refractivity contribution in [1.29, 1.82) is 0 Å². The van der Waals surface area contributed by atoms with E-state index in [4.69, 9.17) is 9.05 Å². The summed E-state index contributed by atoms with van der Waals surface area (Å²) in [5.41, 5.74) is 0. The summed E-state index contributed by atoms with van der Waals surface area (Å²) in [6.45, 7) is 4.62. The van der Waals surface area contributed by atoms with Crippen LogP contribution in [0.3, 0.4) is 0 Å². The summed E-state index contributed by atoms with van der Waals surface area (Å²) >= 11 is 0. The molecule has 0 aromatic rings. The van der Waals surface area contributed by atoms with Gasteiger partial charge < -0.3 is 19.8 Å². The summed E-state index contributed by atoms with van der Waals surface area (Å²) in [6, 6.07) is -0.762. The summed E-state index contributed by atoms with van der Waals surface area (Å²) < 4.78 is 23.3. The molecule has 0 aliphatic carbocycles. The maximum absolute atomic E-state index is 12.7. The van der Waals surface area contributed by atoms with Crippen LogP contribution in [0.5, 0.6) is 0 Å². The third kappa shape index (κ3) is 40.0. The number of hydrogen-bond acceptors (Lipinski definition) is 5. The summed E-state index contributed by atoms with van der Waals surface area (Å²) in [6.07, 6.45) is 50.0. The van der Waals surface area contributed by atoms with Crippen LogP contribution in [0.15, 0.2) is 72.9 Å². The first-order chi connectivity index (χ1) is 26.5. The number of likely N-dealkylation sites (N-methyl/N-ethyl adjacent to an activating group) is 1. The van der Waals surface area contributed by atoms with Crippen LogP contribution in [0.25, 0.3) is 0 Å². The number of phosphoric ester groups is 1. The Morgan fingerprint density at radius 2 is 1.09 bits per heavy atom. The molecule has 0 rings (SSSR count). The van der Waals surface area contributed by atoms with Gasteiger partial charge in [-0.3, -0.25) is 13.8 Å². The smallest absolute Gasteiger partial charge is 0.391 e. The van der Waals surface area contributed by atoms with Crippen LogP contribution in [0.4, 0.5) is 0 Å². The monoisotopic (exact) mass is 792 g/mol. The molecule has 318 valence electrons. The van der Waals surface area contributed by atoms with Gasteiger partial charge in [0, 0.05) is 6.42 Å². The topological polar surface area (TPSA) is 105 Å². The molecule has 3 atom stereocenters. The molecule has 9 heteroatoms. The molecule has 0 heterocycles. The first kappa shape index (κ1) is 52.9. The van der Waals surface area contributed by atoms with Crippen molar-refractivity contribution in [3.05, 3.63) is 72.9 Å². The number of rotatable bonds is 38. The van der Waals surface area contributed by atoms with Crippen molar-refractivity contribution in [2.24, 2.45) is 0 Å². The third-order valence-corrected chi connectivity index (χ3v) is 10.2. The van der Waals surface area contributed by atoms with Gasteiger partial charge in [-0.15, -0.1) is 0 Å². The highest BCUT2D eigenvalue weighted by molar-refractivity contribution is 7.47. The minimum atomic E-state index is -4.30. The Bertz CT molecular complexity index is 1120. The second-order valence-corrected chi connectivity index (χ2v) is 17.1. The maximum Gasteiger partial charge on any atom is 0.472 e. The van der Waals surface area contributed by atoms with Crippen molar-refractivity contribution in [1.82, 2.24) is 5.32 Å². The third-order valence-electron chi connectivity index (χ3n) is 9.22. The highest BCUT2D eigenvalue weighted by Crippen LogP contribution is 2.43. The maximum atomic E-state index is 12.7. The Hall–Kier alpha value is -2.06. The van der Waals surface area contributed by atoms with Crippen molar-refractivity contribution in [2.45, 2.75) is 174 Å². The predicted molar refractivity (Wildman–Crippen MR) is 235 cm³/mol. The zero-order valence-electron chi connectivity index (χ0n) is 35.9. The second kappa shape index (κ2) is 37.5. The van der Waals surface area contributed by atoms with Gasteiger partial charge in [-0.05, 0) is 64.2 Å². The normalized spacial score (nSPS) is 15.1. The van der Waals surface area contributed by atoms with Gasteiger partial charge in [0.05, 0.1) is 39.9 Å². The molecule has 0 radical (unpaired) electrons. The number of carbonyl (C=O) groups excluding carboxylic acids is 1. The number of amides is 1. The molecule has 0 fully saturated rings. The van der Waals surface area contributed by atoms with Crippen molar-refractivity contribution in [3.63, 3.8) is 0 Å². The van der Waals surface area contributed by atoms with Crippen LogP contribution in [0, 0.1) is 0 Å². The van der Waals surface area contributed by atoms with Gasteiger partial charge in [0.25, 0.3) is 0 Å². The van der Waals surface area contributed by atoms with Crippen molar-refractivity contribution < 1.29 is 32.9 Å². The predicted octanol–water partition coefficient (Wildman–Crippen LogP) is 12.0. The Morgan fingerprint density at radius 1 is 0.636 bits per heavy atom. The van der Waals surface area contributed by atoms with Crippen LogP contribution < -0.4 is 5.32 Å². The van der Waals surface area contributed by atoms with Crippen molar-refractivity contribution in [2.75, 3.05) is 40.9 Å². The molecule has 0 spiro atoms. The molecular formula is C46H84N2O6P+. The number of nitrogens with one attached hydrogen (secondary N) is 1. The van der Waals surface area contributed by atoms with E-state index in [9.17, 15) is 19.4 Å². The van der Waals surface area contributed by atoms with Gasteiger partial charge in [0.2, 0.25) is 5.91 Å². The van der Waals surface area contributed by atoms with Crippen LogP contribution in [-0.2, 0) is 18.4 Å². The Balaban J connectivity index is 3.97. The molecule has 0 aliphatic rings. The molecule has 8 nitrogen and oxygen atoms in total. The largest absolute Gasteiger partial charge is 0.472 e. The first-order valence-corrected chi connectivity index (χ1v) is 23.3. The molecule has 0 bridgehead atoms. The second-order valence-electron chi connectivity index (χ2n) is 15.7. The van der Waals surface area contributed by atoms with Crippen LogP contribution in [-0.4, -0.2) is 73.4 Å². The van der Waals surface area contributed by atoms with E-state index in [-0.39, 0.29) is 19.1 Å². The number of aliphatic hydroxyl groups is 1. The lowest BCUT2D eigenvalue weighted by Gasteiger charge is -2.26. The fraction of sp³-hybridized carbons (Fsp3) is 0.717. The number of hydrogen-bond donors (Lipinski definition) is 3. The Morgan fingerprint density at radius 3 is 1.58 bits per heavy atom. The number of quaternary nitrogens is 1. The number of nitrogens with zero attached hydrogens (tertiary/aromatic N) is 1. The van der Waals surface area contributed by atoms with E-state index in [0.717, 1.165) is 89.9 Å². The number of phosphoric acid groups is 1. The molecule has 3 unspecified atom stereocenters. The van der Waals surface area contributed by atoms with Crippen LogP contribution >= 0.6 is 7.82 Å². The molecular weight excluding hydrogens is 707 g/mol. The van der Waals surface area contributed by atoms with E-state index in [1.165, 1.54) is 44.9 Å². The van der Waals surface area contributed by atoms with Gasteiger partial charge in [-0.1, -0.05) is 164 Å². The van der Waals surface area contributed by atoms with Gasteiger partial charge in [0.1, 0.15) is 13.2 Å². The van der Waals surface area contributed by atoms with E-state index in [2.05, 4.69) is 92.1 Å². The van der Waals surface area contributed by atoms with Gasteiger partial charge in [0.15, 0.2) is 0 Å². The fourth-order valence-electron chi connectivity index (χ4n) is 5.75. The summed E-state index contributed by atoms with van der Waals surface area (Å²) in [4.78, 5) is 22.9. The van der Waals surface area contributed by atoms with E-state index >= 15 is 0 Å². The van der Waals surface area contributed by atoms with Gasteiger partial charge in [-0.2, -0.15) is 0 Å². The van der Waals surface area contributed by atoms with Gasteiger partial charge in [-0.25, -0.2) is 4.57 Å². The molecule has 55 heavy (non-hydrogen) atoms. The zero-order valence-corrected chi connectivity index (χ0v) is 36.8. The average molecular weight is 792 g/mol. The molecule has 0 aromatic heterocycles. The van der Waals surface area contributed by atoms with E-state index in [0.29, 0.717) is 23.9 Å². The summed E-state index contributed by atoms with van der Waals surface area (Å²) in [7, 11) is 1.59. The molecule has 0 saturated heterocycles. The lowest BCUT2D eigenvalue weighted by molar-refractivity contribution is -0.870. The standard InChI is InChI=1S/C46H83N2O6P/c1-6-8-10-12-13-14-15-16-17-18-19-20-21-22-23-24-25-26-27-28-29-30-31-32-33-34-35-36-38-40-46(50)47-44(45(49)39-37-11-9-7-2)43-54-55(51,52)53-42-41-48(3,4)5/h8,10,13-14,16-17,19-20,22-23,25-26,44-45,49H,6-7,9,11-12,15,18,21,24,27-43H2,1-5H3,(H-,47,50,51,52)/p+1/b10-8-,14-13-,17-16-,20-19-,23-22-,26-25-. The average Bonchev–Trinajstić information content (AvgIpc) is 3.13. The zero-order chi connectivity index (χ0) is 40.7. The lowest BCUT2D eigenvalue weighted by Crippen LogP contribution is -2.46. The van der Waals surface area contributed by atoms with Crippen molar-refractivity contribution >= 4 is 13.7 Å². The molecule has 3 N–H and O–H groups in total. The SMILES string of the molecule is CC/C=C\C/C=C\C/C=C\C/C=C\C/C=C\C/C=C\CCCCCCCCCCCCC(=O)NC(COP(=O)(O)OCC[N+](C)(C)C)C(O)CCCCCC. The Labute approximate surface area is 338 Å². The fourth-order valence-corrected chi connectivity index (χ4v) is 6.49. The molecule has 1 amide bonds. The quantitative estimate of drug-likeness (QED) is 0.0249. The first-order valence-electron chi connectivity index (χ1n) is 21.8. The van der Waals surface area contributed by atoms with Gasteiger partial charge >= 0.3 is 7.82 Å². The molecule has 0 aromatic carbocycles.